The summed E-state index contributed by atoms with van der Waals surface area (Å²) in [7, 11) is 2.83. The first kappa shape index (κ1) is 18.9. The van der Waals surface area contributed by atoms with Crippen LogP contribution in [0.2, 0.25) is 0 Å². The Balaban J connectivity index is 2.77. The van der Waals surface area contributed by atoms with E-state index in [1.54, 1.807) is 6.20 Å². The Labute approximate surface area is 136 Å². The van der Waals surface area contributed by atoms with Crippen LogP contribution in [0.4, 0.5) is 0 Å². The predicted octanol–water partition coefficient (Wildman–Crippen LogP) is 1.37. The molecule has 1 aromatic rings. The molecule has 1 aromatic carbocycles. The average molecular weight is 320 g/mol. The van der Waals surface area contributed by atoms with Gasteiger partial charge in [-0.2, -0.15) is 0 Å². The third-order valence-electron chi connectivity index (χ3n) is 3.05. The lowest BCUT2D eigenvalue weighted by Gasteiger charge is -2.24. The maximum absolute atomic E-state index is 12.3. The van der Waals surface area contributed by atoms with Gasteiger partial charge in [-0.3, -0.25) is 9.59 Å². The van der Waals surface area contributed by atoms with Crippen LogP contribution in [0.3, 0.4) is 0 Å². The highest BCUT2D eigenvalue weighted by atomic mass is 16.7. The Bertz CT molecular complexity index is 535. The Morgan fingerprint density at radius 1 is 1.13 bits per heavy atom. The molecule has 0 aliphatic rings. The van der Waals surface area contributed by atoms with Crippen LogP contribution in [0.15, 0.2) is 42.1 Å². The van der Waals surface area contributed by atoms with Crippen molar-refractivity contribution in [1.29, 1.82) is 0 Å². The van der Waals surface area contributed by atoms with Crippen LogP contribution in [0, 0.1) is 0 Å². The lowest BCUT2D eigenvalue weighted by molar-refractivity contribution is -0.152. The zero-order chi connectivity index (χ0) is 17.2. The Hall–Kier alpha value is -2.18. The minimum Gasteiger partial charge on any atom is -0.353 e. The molecular weight excluding hydrogens is 296 g/mol. The molecule has 0 saturated carbocycles. The molecular formula is C17H24N2O4. The first-order chi connectivity index (χ1) is 11.0. The van der Waals surface area contributed by atoms with Crippen molar-refractivity contribution in [3.05, 3.63) is 47.7 Å². The maximum Gasteiger partial charge on any atom is 0.251 e. The van der Waals surface area contributed by atoms with Gasteiger partial charge in [0, 0.05) is 20.4 Å². The molecule has 1 atom stereocenters. The third-order valence-corrected chi connectivity index (χ3v) is 3.05. The van der Waals surface area contributed by atoms with Crippen molar-refractivity contribution < 1.29 is 19.1 Å². The van der Waals surface area contributed by atoms with Crippen LogP contribution in [0.5, 0.6) is 0 Å². The van der Waals surface area contributed by atoms with Crippen molar-refractivity contribution in [3.63, 3.8) is 0 Å². The molecule has 0 spiro atoms. The molecule has 0 radical (unpaired) electrons. The number of rotatable bonds is 8. The van der Waals surface area contributed by atoms with E-state index in [2.05, 4.69) is 10.6 Å². The number of ether oxygens (including phenoxy) is 2. The summed E-state index contributed by atoms with van der Waals surface area (Å²) in [4.78, 5) is 24.4. The first-order valence-electron chi connectivity index (χ1n) is 7.30. The summed E-state index contributed by atoms with van der Waals surface area (Å²) < 4.78 is 10.2. The van der Waals surface area contributed by atoms with Crippen molar-refractivity contribution in [1.82, 2.24) is 10.6 Å². The minimum atomic E-state index is -0.947. The summed E-state index contributed by atoms with van der Waals surface area (Å²) in [6.45, 7) is 3.71. The molecule has 0 aliphatic carbocycles. The number of nitrogens with one attached hydrogen (secondary N) is 2. The lowest BCUT2D eigenvalue weighted by atomic mass is 10.1. The summed E-state index contributed by atoms with van der Waals surface area (Å²) in [5.41, 5.74) is 1.79. The topological polar surface area (TPSA) is 76.7 Å². The summed E-state index contributed by atoms with van der Waals surface area (Å²) in [5.74, 6) is -0.686. The van der Waals surface area contributed by atoms with Crippen molar-refractivity contribution in [2.75, 3.05) is 14.2 Å². The van der Waals surface area contributed by atoms with Gasteiger partial charge in [0.25, 0.3) is 5.91 Å². The normalized spacial score (nSPS) is 11.7. The fraction of sp³-hybridized carbons (Fsp3) is 0.412. The second-order valence-corrected chi connectivity index (χ2v) is 5.28. The molecule has 0 fully saturated rings. The van der Waals surface area contributed by atoms with E-state index in [1.165, 1.54) is 14.2 Å². The fourth-order valence-electron chi connectivity index (χ4n) is 1.94. The Morgan fingerprint density at radius 2 is 1.74 bits per heavy atom. The largest absolute Gasteiger partial charge is 0.353 e. The highest BCUT2D eigenvalue weighted by molar-refractivity contribution is 5.89. The monoisotopic (exact) mass is 320 g/mol. The second-order valence-electron chi connectivity index (χ2n) is 5.28. The van der Waals surface area contributed by atoms with Gasteiger partial charge in [-0.25, -0.2) is 0 Å². The maximum atomic E-state index is 12.3. The van der Waals surface area contributed by atoms with Gasteiger partial charge in [0.15, 0.2) is 12.3 Å². The van der Waals surface area contributed by atoms with Gasteiger partial charge in [0.05, 0.1) is 6.42 Å². The van der Waals surface area contributed by atoms with Crippen LogP contribution in [0.1, 0.15) is 19.4 Å². The highest BCUT2D eigenvalue weighted by Crippen LogP contribution is 2.04. The second kappa shape index (κ2) is 9.76. The van der Waals surface area contributed by atoms with Gasteiger partial charge in [0.1, 0.15) is 0 Å². The molecule has 0 aliphatic heterocycles. The van der Waals surface area contributed by atoms with E-state index >= 15 is 0 Å². The number of carbonyl (C=O) groups excluding carboxylic acids is 2. The summed E-state index contributed by atoms with van der Waals surface area (Å²) >= 11 is 0. The van der Waals surface area contributed by atoms with Crippen molar-refractivity contribution in [3.8, 4) is 0 Å². The number of methoxy groups -OCH3 is 2. The zero-order valence-electron chi connectivity index (χ0n) is 14.0. The Kier molecular flexibility index (Phi) is 8.01. The molecule has 0 saturated heterocycles. The number of hydrogen-bond donors (Lipinski definition) is 2. The zero-order valence-corrected chi connectivity index (χ0v) is 14.0. The smallest absolute Gasteiger partial charge is 0.251 e. The van der Waals surface area contributed by atoms with Crippen LogP contribution in [-0.4, -0.2) is 38.4 Å². The van der Waals surface area contributed by atoms with Crippen LogP contribution < -0.4 is 10.6 Å². The average Bonchev–Trinajstić information content (AvgIpc) is 2.53. The highest BCUT2D eigenvalue weighted by Gasteiger charge is 2.29. The molecule has 1 rings (SSSR count). The van der Waals surface area contributed by atoms with Gasteiger partial charge >= 0.3 is 0 Å². The van der Waals surface area contributed by atoms with Gasteiger partial charge in [-0.1, -0.05) is 35.9 Å². The van der Waals surface area contributed by atoms with Crippen LogP contribution >= 0.6 is 0 Å². The van der Waals surface area contributed by atoms with E-state index in [9.17, 15) is 9.59 Å². The molecule has 6 heteroatoms. The molecule has 2 N–H and O–H groups in total. The molecule has 23 heavy (non-hydrogen) atoms. The summed E-state index contributed by atoms with van der Waals surface area (Å²) in [6.07, 6.45) is 0.870. The number of amides is 2. The minimum absolute atomic E-state index is 0.174. The molecule has 0 bridgehead atoms. The van der Waals surface area contributed by atoms with E-state index < -0.39 is 18.2 Å². The first-order valence-corrected chi connectivity index (χ1v) is 7.30. The van der Waals surface area contributed by atoms with E-state index in [0.29, 0.717) is 0 Å². The van der Waals surface area contributed by atoms with E-state index in [0.717, 1.165) is 11.1 Å². The summed E-state index contributed by atoms with van der Waals surface area (Å²) in [6, 6.07) is 8.34. The van der Waals surface area contributed by atoms with Crippen molar-refractivity contribution >= 4 is 11.8 Å². The standard InChI is InChI=1S/C17H24N2O4/c1-12(2)11-18-16(21)15(17(22-3)23-4)19-14(20)10-13-8-6-5-7-9-13/h5-9,11,15,17H,10H2,1-4H3,(H,18,21)(H,19,20)/t15-/m1/s1. The molecule has 0 heterocycles. The summed E-state index contributed by atoms with van der Waals surface area (Å²) in [5, 5.41) is 5.29. The number of benzene rings is 1. The fourth-order valence-corrected chi connectivity index (χ4v) is 1.94. The van der Waals surface area contributed by atoms with Crippen molar-refractivity contribution in [2.24, 2.45) is 0 Å². The lowest BCUT2D eigenvalue weighted by Crippen LogP contribution is -2.54. The van der Waals surface area contributed by atoms with Gasteiger partial charge < -0.3 is 20.1 Å². The van der Waals surface area contributed by atoms with E-state index in [4.69, 9.17) is 9.47 Å². The quantitative estimate of drug-likeness (QED) is 0.709. The SMILES string of the molecule is COC(OC)[C@H](NC(=O)Cc1ccccc1)C(=O)NC=C(C)C. The van der Waals surface area contributed by atoms with E-state index in [1.807, 2.05) is 44.2 Å². The number of allylic oxidation sites excluding steroid dienone is 1. The molecule has 0 unspecified atom stereocenters. The third kappa shape index (κ3) is 6.63. The van der Waals surface area contributed by atoms with E-state index in [-0.39, 0.29) is 12.3 Å². The predicted molar refractivity (Wildman–Crippen MR) is 87.5 cm³/mol. The van der Waals surface area contributed by atoms with Crippen LogP contribution in [-0.2, 0) is 25.5 Å². The molecule has 0 aromatic heterocycles. The molecule has 126 valence electrons. The van der Waals surface area contributed by atoms with Gasteiger partial charge in [-0.15, -0.1) is 0 Å². The molecule has 6 nitrogen and oxygen atoms in total. The van der Waals surface area contributed by atoms with Crippen molar-refractivity contribution in [2.45, 2.75) is 32.6 Å². The van der Waals surface area contributed by atoms with Gasteiger partial charge in [-0.05, 0) is 19.4 Å². The van der Waals surface area contributed by atoms with Crippen LogP contribution in [0.25, 0.3) is 0 Å². The number of carbonyl (C=O) groups is 2. The Morgan fingerprint density at radius 3 is 2.26 bits per heavy atom. The number of hydrogen-bond acceptors (Lipinski definition) is 4. The molecule has 2 amide bonds. The van der Waals surface area contributed by atoms with Gasteiger partial charge in [0.2, 0.25) is 5.91 Å².